The Morgan fingerprint density at radius 3 is 2.53 bits per heavy atom. The molecule has 4 aromatic rings. The van der Waals surface area contributed by atoms with E-state index in [4.69, 9.17) is 0 Å². The molecule has 5 rings (SSSR count). The van der Waals surface area contributed by atoms with E-state index in [0.717, 1.165) is 39.5 Å². The molecule has 1 aliphatic rings. The minimum absolute atomic E-state index is 0.00846. The Hall–Kier alpha value is -4.04. The molecule has 2 heterocycles. The quantitative estimate of drug-likeness (QED) is 0.232. The van der Waals surface area contributed by atoms with Crippen molar-refractivity contribution in [1.82, 2.24) is 10.3 Å². The maximum Gasteiger partial charge on any atom is 0.240 e. The van der Waals surface area contributed by atoms with Crippen LogP contribution in [0.1, 0.15) is 22.3 Å². The minimum Gasteiger partial charge on any atom is -0.354 e. The second-order valence-corrected chi connectivity index (χ2v) is 8.90. The van der Waals surface area contributed by atoms with Gasteiger partial charge in [-0.15, -0.1) is 5.10 Å². The predicted octanol–water partition coefficient (Wildman–Crippen LogP) is 5.17. The van der Waals surface area contributed by atoms with Crippen molar-refractivity contribution < 1.29 is 14.0 Å². The van der Waals surface area contributed by atoms with Gasteiger partial charge in [0.05, 0.1) is 17.2 Å². The van der Waals surface area contributed by atoms with E-state index < -0.39 is 11.1 Å². The highest BCUT2D eigenvalue weighted by molar-refractivity contribution is 8.15. The molecule has 0 aliphatic carbocycles. The van der Waals surface area contributed by atoms with Gasteiger partial charge in [0.2, 0.25) is 5.91 Å². The molecule has 0 saturated carbocycles. The molecule has 0 radical (unpaired) electrons. The number of ketones is 1. The van der Waals surface area contributed by atoms with Crippen molar-refractivity contribution in [2.75, 3.05) is 0 Å². The van der Waals surface area contributed by atoms with E-state index >= 15 is 0 Å². The van der Waals surface area contributed by atoms with Crippen LogP contribution in [0.2, 0.25) is 0 Å². The Balaban J connectivity index is 1.34. The Labute approximate surface area is 199 Å². The molecule has 1 aromatic heterocycles. The van der Waals surface area contributed by atoms with Gasteiger partial charge in [-0.25, -0.2) is 4.39 Å². The average Bonchev–Trinajstić information content (AvgIpc) is 3.40. The number of carbonyl (C=O) groups excluding carboxylic acids is 2. The van der Waals surface area contributed by atoms with Gasteiger partial charge in [-0.1, -0.05) is 60.3 Å². The number of Topliss-reactive ketones (excluding diaryl/α,β-unsaturated/α-hetero) is 1. The first kappa shape index (κ1) is 21.8. The number of fused-ring (bicyclic) bond motifs is 1. The highest BCUT2D eigenvalue weighted by Gasteiger charge is 2.32. The van der Waals surface area contributed by atoms with Crippen LogP contribution in [0, 0.1) is 5.82 Å². The number of hydrogen-bond acceptors (Lipinski definition) is 5. The summed E-state index contributed by atoms with van der Waals surface area (Å²) in [5, 5.41) is 11.8. The molecule has 0 bridgehead atoms. The maximum absolute atomic E-state index is 13.1. The van der Waals surface area contributed by atoms with Crippen molar-refractivity contribution in [3.8, 4) is 11.3 Å². The summed E-state index contributed by atoms with van der Waals surface area (Å²) in [6, 6.07) is 23.2. The zero-order valence-corrected chi connectivity index (χ0v) is 18.7. The number of benzene rings is 3. The predicted molar refractivity (Wildman–Crippen MR) is 134 cm³/mol. The summed E-state index contributed by atoms with van der Waals surface area (Å²) in [5.41, 5.74) is 4.19. The molecule has 1 saturated heterocycles. The molecule has 1 amide bonds. The maximum atomic E-state index is 13.1. The van der Waals surface area contributed by atoms with Crippen LogP contribution in [0.5, 0.6) is 0 Å². The fraction of sp³-hybridized carbons (Fsp3) is 0.0769. The largest absolute Gasteiger partial charge is 0.354 e. The van der Waals surface area contributed by atoms with Gasteiger partial charge < -0.3 is 10.3 Å². The number of hydrogen-bond donors (Lipinski definition) is 2. The van der Waals surface area contributed by atoms with Crippen LogP contribution < -0.4 is 5.32 Å². The topological polar surface area (TPSA) is 86.7 Å². The number of rotatable bonds is 6. The molecule has 1 atom stereocenters. The van der Waals surface area contributed by atoms with E-state index in [1.165, 1.54) is 24.3 Å². The lowest BCUT2D eigenvalue weighted by molar-refractivity contribution is -0.118. The zero-order valence-electron chi connectivity index (χ0n) is 17.9. The van der Waals surface area contributed by atoms with Crippen LogP contribution >= 0.6 is 11.8 Å². The third-order valence-corrected chi connectivity index (χ3v) is 6.53. The smallest absolute Gasteiger partial charge is 0.240 e. The van der Waals surface area contributed by atoms with Crippen molar-refractivity contribution in [2.45, 2.75) is 11.7 Å². The van der Waals surface area contributed by atoms with E-state index in [-0.39, 0.29) is 18.1 Å². The lowest BCUT2D eigenvalue weighted by Crippen LogP contribution is -2.26. The highest BCUT2D eigenvalue weighted by Crippen LogP contribution is 2.29. The van der Waals surface area contributed by atoms with Gasteiger partial charge in [-0.2, -0.15) is 5.10 Å². The second-order valence-electron chi connectivity index (χ2n) is 7.70. The monoisotopic (exact) mass is 470 g/mol. The van der Waals surface area contributed by atoms with Gasteiger partial charge in [-0.05, 0) is 35.9 Å². The van der Waals surface area contributed by atoms with Crippen LogP contribution in [-0.2, 0) is 4.79 Å². The van der Waals surface area contributed by atoms with Crippen molar-refractivity contribution in [1.29, 1.82) is 0 Å². The van der Waals surface area contributed by atoms with Crippen LogP contribution in [0.15, 0.2) is 89.1 Å². The number of amidine groups is 1. The summed E-state index contributed by atoms with van der Waals surface area (Å²) in [4.78, 5) is 28.2. The normalized spacial score (nSPS) is 17.0. The Bertz CT molecular complexity index is 1430. The minimum atomic E-state index is -0.612. The number of amides is 1. The number of nitrogens with zero attached hydrogens (tertiary/aromatic N) is 2. The molecule has 6 nitrogen and oxygen atoms in total. The second kappa shape index (κ2) is 9.44. The van der Waals surface area contributed by atoms with Gasteiger partial charge in [0.25, 0.3) is 0 Å². The van der Waals surface area contributed by atoms with Gasteiger partial charge in [0.1, 0.15) is 5.82 Å². The van der Waals surface area contributed by atoms with Gasteiger partial charge >= 0.3 is 0 Å². The summed E-state index contributed by atoms with van der Waals surface area (Å²) >= 11 is 1.16. The van der Waals surface area contributed by atoms with Crippen LogP contribution in [0.3, 0.4) is 0 Å². The standard InChI is InChI=1S/C26H19FN4O2S/c27-18-12-10-16(11-13-18)22(32)14-23-25(33)30-26(34-23)31-28-15-20-19-8-4-5-9-21(19)29-24(20)17-6-2-1-3-7-17/h1-13,15,23,29H,14H2,(H,30,31,33)/b28-15-/t23-/m1/s1. The highest BCUT2D eigenvalue weighted by atomic mass is 32.2. The summed E-state index contributed by atoms with van der Waals surface area (Å²) in [7, 11) is 0. The van der Waals surface area contributed by atoms with E-state index in [1.54, 1.807) is 6.21 Å². The first-order valence-corrected chi connectivity index (χ1v) is 11.5. The number of nitrogens with one attached hydrogen (secondary N) is 2. The van der Waals surface area contributed by atoms with E-state index in [9.17, 15) is 14.0 Å². The molecule has 34 heavy (non-hydrogen) atoms. The number of carbonyl (C=O) groups is 2. The summed E-state index contributed by atoms with van der Waals surface area (Å²) in [6.45, 7) is 0. The molecular weight excluding hydrogens is 451 g/mol. The third-order valence-electron chi connectivity index (χ3n) is 5.46. The van der Waals surface area contributed by atoms with Crippen molar-refractivity contribution in [2.24, 2.45) is 10.2 Å². The fourth-order valence-corrected chi connectivity index (χ4v) is 4.70. The van der Waals surface area contributed by atoms with Crippen LogP contribution in [0.4, 0.5) is 4.39 Å². The molecule has 168 valence electrons. The molecule has 1 aliphatic heterocycles. The average molecular weight is 471 g/mol. The number of H-pyrrole nitrogens is 1. The molecular formula is C26H19FN4O2S. The number of aromatic nitrogens is 1. The Morgan fingerprint density at radius 1 is 1.00 bits per heavy atom. The number of halogens is 1. The molecule has 8 heteroatoms. The van der Waals surface area contributed by atoms with Crippen molar-refractivity contribution >= 4 is 45.7 Å². The molecule has 3 aromatic carbocycles. The van der Waals surface area contributed by atoms with Crippen LogP contribution in [-0.4, -0.2) is 33.3 Å². The van der Waals surface area contributed by atoms with Gasteiger partial charge in [0.15, 0.2) is 11.0 Å². The number of aromatic amines is 1. The molecule has 0 unspecified atom stereocenters. The Kier molecular flexibility index (Phi) is 6.05. The SMILES string of the molecule is O=C(C[C@H]1S/C(=N\N=C/c2c(-c3ccccc3)[nH]c3ccccc23)NC1=O)c1ccc(F)cc1. The molecule has 0 spiro atoms. The molecule has 1 fully saturated rings. The van der Waals surface area contributed by atoms with E-state index in [2.05, 4.69) is 20.5 Å². The summed E-state index contributed by atoms with van der Waals surface area (Å²) < 4.78 is 13.1. The van der Waals surface area contributed by atoms with Gasteiger partial charge in [-0.3, -0.25) is 9.59 Å². The first-order chi connectivity index (χ1) is 16.6. The Morgan fingerprint density at radius 2 is 1.74 bits per heavy atom. The number of para-hydroxylation sites is 1. The summed E-state index contributed by atoms with van der Waals surface area (Å²) in [5.74, 6) is -0.947. The third kappa shape index (κ3) is 4.53. The van der Waals surface area contributed by atoms with E-state index in [0.29, 0.717) is 10.7 Å². The lowest BCUT2D eigenvalue weighted by atomic mass is 10.1. The summed E-state index contributed by atoms with van der Waals surface area (Å²) in [6.07, 6.45) is 1.66. The van der Waals surface area contributed by atoms with Crippen molar-refractivity contribution in [3.05, 3.63) is 95.8 Å². The van der Waals surface area contributed by atoms with Crippen LogP contribution in [0.25, 0.3) is 22.2 Å². The van der Waals surface area contributed by atoms with Gasteiger partial charge in [0, 0.05) is 28.5 Å². The number of thioether (sulfide) groups is 1. The van der Waals surface area contributed by atoms with E-state index in [1.807, 2.05) is 54.6 Å². The first-order valence-electron chi connectivity index (χ1n) is 10.6. The fourth-order valence-electron chi connectivity index (χ4n) is 3.78. The zero-order chi connectivity index (χ0) is 23.5. The molecule has 2 N–H and O–H groups in total. The van der Waals surface area contributed by atoms with Crippen molar-refractivity contribution in [3.63, 3.8) is 0 Å². The lowest BCUT2D eigenvalue weighted by Gasteiger charge is -2.04.